The van der Waals surface area contributed by atoms with Crippen LogP contribution in [0.15, 0.2) is 0 Å². The molecule has 6 nitrogen and oxygen atoms in total. The van der Waals surface area contributed by atoms with Gasteiger partial charge in [-0.3, -0.25) is 4.79 Å². The van der Waals surface area contributed by atoms with Crippen molar-refractivity contribution >= 4 is 11.9 Å². The smallest absolute Gasteiger partial charge is 0.317 e. The molecule has 1 heterocycles. The molecular weight excluding hydrogens is 258 g/mol. The third-order valence-corrected chi connectivity index (χ3v) is 4.11. The van der Waals surface area contributed by atoms with Gasteiger partial charge in [-0.25, -0.2) is 4.79 Å². The van der Waals surface area contributed by atoms with Crippen LogP contribution in [0.5, 0.6) is 0 Å². The van der Waals surface area contributed by atoms with Crippen LogP contribution in [0, 0.1) is 0 Å². The average molecular weight is 283 g/mol. The second kappa shape index (κ2) is 6.92. The summed E-state index contributed by atoms with van der Waals surface area (Å²) < 4.78 is 4.92. The molecule has 0 atom stereocenters. The fourth-order valence-corrected chi connectivity index (χ4v) is 2.52. The number of hydrogen-bond donors (Lipinski definition) is 1. The Labute approximate surface area is 120 Å². The molecule has 114 valence electrons. The molecule has 0 aromatic rings. The molecule has 1 N–H and O–H groups in total. The molecule has 2 rings (SSSR count). The molecule has 3 amide bonds. The third kappa shape index (κ3) is 4.10. The Morgan fingerprint density at radius 2 is 1.90 bits per heavy atom. The quantitative estimate of drug-likeness (QED) is 0.812. The van der Waals surface area contributed by atoms with Gasteiger partial charge < -0.3 is 19.9 Å². The summed E-state index contributed by atoms with van der Waals surface area (Å²) in [5.41, 5.74) is 0. The van der Waals surface area contributed by atoms with Gasteiger partial charge >= 0.3 is 6.03 Å². The van der Waals surface area contributed by atoms with Gasteiger partial charge in [-0.1, -0.05) is 0 Å². The predicted octanol–water partition coefficient (Wildman–Crippen LogP) is 0.818. The van der Waals surface area contributed by atoms with E-state index in [0.29, 0.717) is 19.1 Å². The van der Waals surface area contributed by atoms with E-state index in [1.54, 1.807) is 12.0 Å². The summed E-state index contributed by atoms with van der Waals surface area (Å²) in [6.07, 6.45) is 4.36. The Balaban J connectivity index is 1.68. The highest BCUT2D eigenvalue weighted by Gasteiger charge is 2.31. The number of nitrogens with one attached hydrogen (secondary N) is 1. The van der Waals surface area contributed by atoms with E-state index in [1.165, 1.54) is 0 Å². The summed E-state index contributed by atoms with van der Waals surface area (Å²) in [5, 5.41) is 3.07. The van der Waals surface area contributed by atoms with E-state index in [2.05, 4.69) is 5.32 Å². The molecule has 6 heteroatoms. The molecule has 1 aliphatic carbocycles. The zero-order valence-electron chi connectivity index (χ0n) is 12.4. The first-order valence-electron chi connectivity index (χ1n) is 7.42. The molecule has 1 saturated carbocycles. The number of carbonyl (C=O) groups is 2. The Morgan fingerprint density at radius 1 is 1.25 bits per heavy atom. The van der Waals surface area contributed by atoms with E-state index < -0.39 is 0 Å². The van der Waals surface area contributed by atoms with E-state index >= 15 is 0 Å². The number of methoxy groups -OCH3 is 1. The minimum Gasteiger partial charge on any atom is -0.384 e. The van der Waals surface area contributed by atoms with Gasteiger partial charge in [0.15, 0.2) is 0 Å². The first-order valence-corrected chi connectivity index (χ1v) is 7.42. The lowest BCUT2D eigenvalue weighted by molar-refractivity contribution is -0.133. The van der Waals surface area contributed by atoms with Crippen LogP contribution in [-0.4, -0.2) is 67.7 Å². The van der Waals surface area contributed by atoms with Crippen molar-refractivity contribution in [3.63, 3.8) is 0 Å². The van der Waals surface area contributed by atoms with Crippen LogP contribution in [0.3, 0.4) is 0 Å². The normalized spacial score (nSPS) is 19.8. The molecule has 2 fully saturated rings. The number of urea groups is 1. The molecule has 0 aromatic carbocycles. The topological polar surface area (TPSA) is 61.9 Å². The van der Waals surface area contributed by atoms with Crippen LogP contribution in [0.2, 0.25) is 0 Å². The van der Waals surface area contributed by atoms with E-state index in [9.17, 15) is 9.59 Å². The second-order valence-corrected chi connectivity index (χ2v) is 5.69. The SMILES string of the molecule is COCCC(=O)N1CCC(NC(=O)N(C)C2CC2)CC1. The summed E-state index contributed by atoms with van der Waals surface area (Å²) in [7, 11) is 3.46. The highest BCUT2D eigenvalue weighted by Crippen LogP contribution is 2.25. The summed E-state index contributed by atoms with van der Waals surface area (Å²) in [6.45, 7) is 1.92. The maximum Gasteiger partial charge on any atom is 0.317 e. The average Bonchev–Trinajstić information content (AvgIpc) is 3.29. The largest absolute Gasteiger partial charge is 0.384 e. The molecule has 0 radical (unpaired) electrons. The van der Waals surface area contributed by atoms with Crippen LogP contribution in [0.4, 0.5) is 4.79 Å². The fourth-order valence-electron chi connectivity index (χ4n) is 2.52. The standard InChI is InChI=1S/C14H25N3O3/c1-16(12-3-4-12)14(19)15-11-5-8-17(9-6-11)13(18)7-10-20-2/h11-12H,3-10H2,1-2H3,(H,15,19). The molecule has 0 aromatic heterocycles. The maximum atomic E-state index is 12.0. The number of carbonyl (C=O) groups excluding carboxylic acids is 2. The third-order valence-electron chi connectivity index (χ3n) is 4.11. The van der Waals surface area contributed by atoms with E-state index in [-0.39, 0.29) is 18.0 Å². The first-order chi connectivity index (χ1) is 9.61. The Bertz CT molecular complexity index is 350. The monoisotopic (exact) mass is 283 g/mol. The van der Waals surface area contributed by atoms with Gasteiger partial charge in [0.05, 0.1) is 13.0 Å². The second-order valence-electron chi connectivity index (χ2n) is 5.69. The summed E-state index contributed by atoms with van der Waals surface area (Å²) in [6, 6.07) is 0.651. The summed E-state index contributed by atoms with van der Waals surface area (Å²) in [5.74, 6) is 0.145. The minimum atomic E-state index is 0.0247. The van der Waals surface area contributed by atoms with Gasteiger partial charge in [0.25, 0.3) is 0 Å². The number of rotatable bonds is 5. The van der Waals surface area contributed by atoms with Gasteiger partial charge in [0.2, 0.25) is 5.91 Å². The molecule has 1 aliphatic heterocycles. The highest BCUT2D eigenvalue weighted by molar-refractivity contribution is 5.77. The van der Waals surface area contributed by atoms with E-state index in [1.807, 2.05) is 11.9 Å². The Hall–Kier alpha value is -1.30. The zero-order valence-corrected chi connectivity index (χ0v) is 12.4. The molecule has 20 heavy (non-hydrogen) atoms. The zero-order chi connectivity index (χ0) is 14.5. The number of piperidine rings is 1. The van der Waals surface area contributed by atoms with Crippen molar-refractivity contribution in [3.05, 3.63) is 0 Å². The van der Waals surface area contributed by atoms with Gasteiger partial charge in [0.1, 0.15) is 0 Å². The fraction of sp³-hybridized carbons (Fsp3) is 0.857. The van der Waals surface area contributed by atoms with Crippen molar-refractivity contribution in [3.8, 4) is 0 Å². The molecule has 1 saturated heterocycles. The van der Waals surface area contributed by atoms with Crippen molar-refractivity contribution in [1.29, 1.82) is 0 Å². The van der Waals surface area contributed by atoms with Crippen molar-refractivity contribution in [2.24, 2.45) is 0 Å². The lowest BCUT2D eigenvalue weighted by Crippen LogP contribution is -2.49. The highest BCUT2D eigenvalue weighted by atomic mass is 16.5. The van der Waals surface area contributed by atoms with Crippen LogP contribution in [0.25, 0.3) is 0 Å². The Morgan fingerprint density at radius 3 is 2.45 bits per heavy atom. The van der Waals surface area contributed by atoms with Crippen LogP contribution in [-0.2, 0) is 9.53 Å². The van der Waals surface area contributed by atoms with Crippen LogP contribution >= 0.6 is 0 Å². The van der Waals surface area contributed by atoms with Crippen molar-refractivity contribution < 1.29 is 14.3 Å². The predicted molar refractivity (Wildman–Crippen MR) is 75.4 cm³/mol. The van der Waals surface area contributed by atoms with Gasteiger partial charge in [-0.05, 0) is 25.7 Å². The summed E-state index contributed by atoms with van der Waals surface area (Å²) >= 11 is 0. The number of hydrogen-bond acceptors (Lipinski definition) is 3. The number of likely N-dealkylation sites (tertiary alicyclic amines) is 1. The lowest BCUT2D eigenvalue weighted by atomic mass is 10.0. The molecule has 0 spiro atoms. The van der Waals surface area contributed by atoms with Crippen LogP contribution in [0.1, 0.15) is 32.1 Å². The van der Waals surface area contributed by atoms with E-state index in [0.717, 1.165) is 38.8 Å². The minimum absolute atomic E-state index is 0.0247. The van der Waals surface area contributed by atoms with Crippen molar-refractivity contribution in [1.82, 2.24) is 15.1 Å². The maximum absolute atomic E-state index is 12.0. The molecule has 0 bridgehead atoms. The molecule has 0 unspecified atom stereocenters. The molecule has 2 aliphatic rings. The summed E-state index contributed by atoms with van der Waals surface area (Å²) in [4.78, 5) is 27.5. The first kappa shape index (κ1) is 15.1. The van der Waals surface area contributed by atoms with Gasteiger partial charge in [-0.15, -0.1) is 0 Å². The van der Waals surface area contributed by atoms with Gasteiger partial charge in [-0.2, -0.15) is 0 Å². The van der Waals surface area contributed by atoms with Gasteiger partial charge in [0, 0.05) is 39.3 Å². The van der Waals surface area contributed by atoms with E-state index in [4.69, 9.17) is 4.74 Å². The number of amides is 3. The van der Waals surface area contributed by atoms with Crippen molar-refractivity contribution in [2.45, 2.75) is 44.2 Å². The number of ether oxygens (including phenoxy) is 1. The van der Waals surface area contributed by atoms with Crippen molar-refractivity contribution in [2.75, 3.05) is 33.9 Å². The molecular formula is C14H25N3O3. The number of nitrogens with zero attached hydrogens (tertiary/aromatic N) is 2. The van der Waals surface area contributed by atoms with Crippen LogP contribution < -0.4 is 5.32 Å². The Kier molecular flexibility index (Phi) is 5.23. The lowest BCUT2D eigenvalue weighted by Gasteiger charge is -2.33.